The average molecular weight is 270 g/mol. The molecule has 1 aliphatic rings. The van der Waals surface area contributed by atoms with Crippen molar-refractivity contribution in [1.29, 1.82) is 0 Å². The Morgan fingerprint density at radius 2 is 2.10 bits per heavy atom. The van der Waals surface area contributed by atoms with Gasteiger partial charge in [-0.15, -0.1) is 0 Å². The summed E-state index contributed by atoms with van der Waals surface area (Å²) < 4.78 is 0. The molecule has 104 valence electrons. The van der Waals surface area contributed by atoms with Crippen LogP contribution in [0.15, 0.2) is 36.7 Å². The number of carbonyl (C=O) groups excluding carboxylic acids is 1. The number of aromatic amines is 1. The lowest BCUT2D eigenvalue weighted by Crippen LogP contribution is -2.36. The highest BCUT2D eigenvalue weighted by molar-refractivity contribution is 5.91. The van der Waals surface area contributed by atoms with Gasteiger partial charge in [0.05, 0.1) is 11.6 Å². The Morgan fingerprint density at radius 3 is 2.65 bits per heavy atom. The van der Waals surface area contributed by atoms with Gasteiger partial charge >= 0.3 is 0 Å². The molecule has 0 aliphatic heterocycles. The van der Waals surface area contributed by atoms with E-state index in [4.69, 9.17) is 5.73 Å². The van der Waals surface area contributed by atoms with Gasteiger partial charge in [-0.1, -0.05) is 12.1 Å². The van der Waals surface area contributed by atoms with E-state index in [-0.39, 0.29) is 11.3 Å². The quantitative estimate of drug-likeness (QED) is 0.830. The van der Waals surface area contributed by atoms with Gasteiger partial charge in [0.15, 0.2) is 0 Å². The Morgan fingerprint density at radius 1 is 1.40 bits per heavy atom. The summed E-state index contributed by atoms with van der Waals surface area (Å²) in [6, 6.07) is 7.65. The van der Waals surface area contributed by atoms with E-state index in [0.717, 1.165) is 29.7 Å². The van der Waals surface area contributed by atoms with Crippen molar-refractivity contribution in [2.45, 2.75) is 24.8 Å². The van der Waals surface area contributed by atoms with Crippen LogP contribution in [0.3, 0.4) is 0 Å². The number of nitrogen functional groups attached to an aromatic ring is 1. The third kappa shape index (κ3) is 2.15. The van der Waals surface area contributed by atoms with Crippen molar-refractivity contribution in [3.05, 3.63) is 47.8 Å². The molecule has 1 saturated carbocycles. The van der Waals surface area contributed by atoms with Gasteiger partial charge in [0.2, 0.25) is 5.91 Å². The van der Waals surface area contributed by atoms with Crippen LogP contribution in [0.5, 0.6) is 0 Å². The molecule has 0 atom stereocenters. The first-order chi connectivity index (χ1) is 9.62. The van der Waals surface area contributed by atoms with Crippen molar-refractivity contribution >= 4 is 11.6 Å². The monoisotopic (exact) mass is 270 g/mol. The van der Waals surface area contributed by atoms with Gasteiger partial charge in [0.25, 0.3) is 0 Å². The molecule has 1 amide bonds. The summed E-state index contributed by atoms with van der Waals surface area (Å²) in [5.41, 5.74) is 8.17. The van der Waals surface area contributed by atoms with E-state index in [1.165, 1.54) is 0 Å². The van der Waals surface area contributed by atoms with Gasteiger partial charge in [0.1, 0.15) is 0 Å². The van der Waals surface area contributed by atoms with Crippen molar-refractivity contribution in [2.24, 2.45) is 0 Å². The van der Waals surface area contributed by atoms with Crippen molar-refractivity contribution in [1.82, 2.24) is 15.1 Å². The summed E-state index contributed by atoms with van der Waals surface area (Å²) in [5.74, 6) is 0.170. The molecular formula is C15H18N4O. The molecule has 3 N–H and O–H groups in total. The number of nitrogens with one attached hydrogen (secondary N) is 1. The minimum Gasteiger partial charge on any atom is -0.399 e. The fourth-order valence-corrected chi connectivity index (χ4v) is 2.63. The Balaban J connectivity index is 1.77. The highest BCUT2D eigenvalue weighted by atomic mass is 16.2. The van der Waals surface area contributed by atoms with Crippen LogP contribution >= 0.6 is 0 Å². The molecule has 1 fully saturated rings. The summed E-state index contributed by atoms with van der Waals surface area (Å²) in [6.07, 6.45) is 5.37. The predicted octanol–water partition coefficient (Wildman–Crippen LogP) is 1.68. The molecule has 5 nitrogen and oxygen atoms in total. The molecule has 5 heteroatoms. The molecule has 0 saturated heterocycles. The topological polar surface area (TPSA) is 75.0 Å². The second kappa shape index (κ2) is 4.67. The molecule has 0 radical (unpaired) electrons. The van der Waals surface area contributed by atoms with E-state index in [0.29, 0.717) is 6.54 Å². The maximum atomic E-state index is 12.7. The molecular weight excluding hydrogens is 252 g/mol. The van der Waals surface area contributed by atoms with Crippen LogP contribution in [0.1, 0.15) is 24.0 Å². The SMILES string of the molecule is CN(Cc1cn[nH]c1)C(=O)C1(c2ccc(N)cc2)CC1. The predicted molar refractivity (Wildman–Crippen MR) is 76.8 cm³/mol. The molecule has 1 heterocycles. The number of likely N-dealkylation sites (N-methyl/N-ethyl adjacent to an activating group) is 1. The lowest BCUT2D eigenvalue weighted by molar-refractivity contribution is -0.133. The molecule has 0 unspecified atom stereocenters. The molecule has 1 aromatic carbocycles. The third-order valence-electron chi connectivity index (χ3n) is 3.94. The summed E-state index contributed by atoms with van der Waals surface area (Å²) in [4.78, 5) is 14.5. The fourth-order valence-electron chi connectivity index (χ4n) is 2.63. The van der Waals surface area contributed by atoms with Crippen LogP contribution in [-0.4, -0.2) is 28.1 Å². The number of nitrogens with zero attached hydrogens (tertiary/aromatic N) is 2. The Labute approximate surface area is 117 Å². The fraction of sp³-hybridized carbons (Fsp3) is 0.333. The smallest absolute Gasteiger partial charge is 0.233 e. The number of rotatable bonds is 4. The first-order valence-electron chi connectivity index (χ1n) is 6.71. The van der Waals surface area contributed by atoms with Crippen LogP contribution in [0, 0.1) is 0 Å². The highest BCUT2D eigenvalue weighted by Gasteiger charge is 2.52. The average Bonchev–Trinajstić information content (AvgIpc) is 3.10. The summed E-state index contributed by atoms with van der Waals surface area (Å²) in [6.45, 7) is 0.575. The van der Waals surface area contributed by atoms with Crippen LogP contribution in [-0.2, 0) is 16.8 Å². The van der Waals surface area contributed by atoms with Gasteiger partial charge < -0.3 is 10.6 Å². The number of carbonyl (C=O) groups is 1. The van der Waals surface area contributed by atoms with Crippen molar-refractivity contribution < 1.29 is 4.79 Å². The molecule has 1 aromatic heterocycles. The second-order valence-corrected chi connectivity index (χ2v) is 5.47. The van der Waals surface area contributed by atoms with Gasteiger partial charge in [-0.25, -0.2) is 0 Å². The first kappa shape index (κ1) is 12.7. The maximum absolute atomic E-state index is 12.7. The van der Waals surface area contributed by atoms with Crippen LogP contribution < -0.4 is 5.73 Å². The van der Waals surface area contributed by atoms with E-state index in [1.54, 1.807) is 11.1 Å². The number of nitrogens with two attached hydrogens (primary N) is 1. The van der Waals surface area contributed by atoms with Crippen LogP contribution in [0.4, 0.5) is 5.69 Å². The number of aromatic nitrogens is 2. The first-order valence-corrected chi connectivity index (χ1v) is 6.71. The zero-order valence-corrected chi connectivity index (χ0v) is 11.5. The number of benzene rings is 1. The van der Waals surface area contributed by atoms with E-state index in [2.05, 4.69) is 10.2 Å². The van der Waals surface area contributed by atoms with Gasteiger partial charge in [-0.3, -0.25) is 9.89 Å². The third-order valence-corrected chi connectivity index (χ3v) is 3.94. The molecule has 2 aromatic rings. The minimum atomic E-state index is -0.341. The van der Waals surface area contributed by atoms with E-state index >= 15 is 0 Å². The Hall–Kier alpha value is -2.30. The zero-order valence-electron chi connectivity index (χ0n) is 11.5. The van der Waals surface area contributed by atoms with E-state index < -0.39 is 0 Å². The number of hydrogen-bond acceptors (Lipinski definition) is 3. The summed E-state index contributed by atoms with van der Waals surface area (Å²) in [5, 5.41) is 6.67. The van der Waals surface area contributed by atoms with Gasteiger partial charge in [0, 0.05) is 31.0 Å². The van der Waals surface area contributed by atoms with Crippen molar-refractivity contribution in [3.8, 4) is 0 Å². The van der Waals surface area contributed by atoms with Crippen molar-refractivity contribution in [3.63, 3.8) is 0 Å². The highest BCUT2D eigenvalue weighted by Crippen LogP contribution is 2.49. The number of hydrogen-bond donors (Lipinski definition) is 2. The summed E-state index contributed by atoms with van der Waals surface area (Å²) >= 11 is 0. The standard InChI is InChI=1S/C15H18N4O/c1-19(10-11-8-17-18-9-11)14(20)15(6-7-15)12-2-4-13(16)5-3-12/h2-5,8-9H,6-7,10,16H2,1H3,(H,17,18). The number of anilines is 1. The summed E-state index contributed by atoms with van der Waals surface area (Å²) in [7, 11) is 1.84. The molecule has 0 bridgehead atoms. The lowest BCUT2D eigenvalue weighted by atomic mass is 9.94. The zero-order chi connectivity index (χ0) is 14.2. The normalized spacial score (nSPS) is 15.8. The minimum absolute atomic E-state index is 0.170. The van der Waals surface area contributed by atoms with Crippen LogP contribution in [0.25, 0.3) is 0 Å². The molecule has 0 spiro atoms. The molecule has 1 aliphatic carbocycles. The Kier molecular flexibility index (Phi) is 2.97. The number of amides is 1. The van der Waals surface area contributed by atoms with Crippen molar-refractivity contribution in [2.75, 3.05) is 12.8 Å². The lowest BCUT2D eigenvalue weighted by Gasteiger charge is -2.23. The van der Waals surface area contributed by atoms with Gasteiger partial charge in [-0.2, -0.15) is 5.10 Å². The van der Waals surface area contributed by atoms with E-state index in [1.807, 2.05) is 37.5 Å². The molecule has 20 heavy (non-hydrogen) atoms. The maximum Gasteiger partial charge on any atom is 0.233 e. The number of H-pyrrole nitrogens is 1. The Bertz CT molecular complexity index is 599. The van der Waals surface area contributed by atoms with Gasteiger partial charge in [-0.05, 0) is 30.5 Å². The van der Waals surface area contributed by atoms with E-state index in [9.17, 15) is 4.79 Å². The second-order valence-electron chi connectivity index (χ2n) is 5.47. The van der Waals surface area contributed by atoms with Crippen LogP contribution in [0.2, 0.25) is 0 Å². The largest absolute Gasteiger partial charge is 0.399 e. The molecule has 3 rings (SSSR count).